The Morgan fingerprint density at radius 2 is 1.88 bits per heavy atom. The van der Waals surface area contributed by atoms with Crippen LogP contribution in [-0.2, 0) is 11.2 Å². The molecule has 17 heavy (non-hydrogen) atoms. The van der Waals surface area contributed by atoms with Gasteiger partial charge in [-0.1, -0.05) is 19.1 Å². The molecule has 0 amide bonds. The maximum atomic E-state index is 12.8. The highest BCUT2D eigenvalue weighted by molar-refractivity contribution is 5.17. The van der Waals surface area contributed by atoms with Gasteiger partial charge >= 0.3 is 0 Å². The second-order valence-corrected chi connectivity index (χ2v) is 4.47. The molecule has 1 aromatic carbocycles. The predicted molar refractivity (Wildman–Crippen MR) is 68.7 cm³/mol. The average Bonchev–Trinajstić information content (AvgIpc) is 2.29. The number of rotatable bonds is 7. The molecule has 1 aromatic rings. The molecule has 0 aliphatic rings. The van der Waals surface area contributed by atoms with Crippen molar-refractivity contribution in [2.24, 2.45) is 0 Å². The number of hydrogen-bond acceptors (Lipinski definition) is 2. The van der Waals surface area contributed by atoms with Gasteiger partial charge in [-0.3, -0.25) is 0 Å². The van der Waals surface area contributed by atoms with Crippen LogP contribution in [0.25, 0.3) is 0 Å². The fourth-order valence-electron chi connectivity index (χ4n) is 1.69. The highest BCUT2D eigenvalue weighted by Gasteiger charge is 2.09. The summed E-state index contributed by atoms with van der Waals surface area (Å²) in [6, 6.07) is 6.95. The number of hydrogen-bond donors (Lipinski definition) is 1. The first kappa shape index (κ1) is 14.1. The minimum absolute atomic E-state index is 0.188. The van der Waals surface area contributed by atoms with Gasteiger partial charge in [-0.15, -0.1) is 0 Å². The van der Waals surface area contributed by atoms with E-state index in [4.69, 9.17) is 4.74 Å². The normalized spacial score (nSPS) is 13.0. The van der Waals surface area contributed by atoms with E-state index >= 15 is 0 Å². The molecule has 2 nitrogen and oxygen atoms in total. The van der Waals surface area contributed by atoms with E-state index in [0.717, 1.165) is 18.5 Å². The predicted octanol–water partition coefficient (Wildman–Crippen LogP) is 2.77. The fraction of sp³-hybridized carbons (Fsp3) is 0.571. The van der Waals surface area contributed by atoms with Gasteiger partial charge in [-0.05, 0) is 44.5 Å². The van der Waals surface area contributed by atoms with Crippen molar-refractivity contribution in [1.29, 1.82) is 0 Å². The molecule has 0 saturated heterocycles. The van der Waals surface area contributed by atoms with Crippen molar-refractivity contribution in [2.45, 2.75) is 39.3 Å². The minimum atomic E-state index is -0.188. The second-order valence-electron chi connectivity index (χ2n) is 4.47. The topological polar surface area (TPSA) is 21.3 Å². The zero-order chi connectivity index (χ0) is 12.7. The van der Waals surface area contributed by atoms with Crippen LogP contribution in [0.15, 0.2) is 24.3 Å². The Bertz CT molecular complexity index is 311. The van der Waals surface area contributed by atoms with E-state index in [1.54, 1.807) is 0 Å². The average molecular weight is 239 g/mol. The lowest BCUT2D eigenvalue weighted by Crippen LogP contribution is -2.36. The summed E-state index contributed by atoms with van der Waals surface area (Å²) in [5.41, 5.74) is 1.13. The largest absolute Gasteiger partial charge is 0.377 e. The van der Waals surface area contributed by atoms with E-state index < -0.39 is 0 Å². The lowest BCUT2D eigenvalue weighted by molar-refractivity contribution is 0.0616. The molecule has 0 aromatic heterocycles. The Kier molecular flexibility index (Phi) is 6.16. The molecule has 3 heteroatoms. The third-order valence-corrected chi connectivity index (χ3v) is 2.52. The minimum Gasteiger partial charge on any atom is -0.377 e. The fourth-order valence-corrected chi connectivity index (χ4v) is 1.69. The van der Waals surface area contributed by atoms with Gasteiger partial charge in [0.1, 0.15) is 5.82 Å². The zero-order valence-corrected chi connectivity index (χ0v) is 10.9. The Morgan fingerprint density at radius 1 is 1.24 bits per heavy atom. The van der Waals surface area contributed by atoms with Crippen LogP contribution in [0.2, 0.25) is 0 Å². The van der Waals surface area contributed by atoms with E-state index in [2.05, 4.69) is 12.2 Å². The molecule has 1 atom stereocenters. The molecule has 0 bridgehead atoms. The molecular formula is C14H22FNO. The first-order valence-electron chi connectivity index (χ1n) is 6.21. The quantitative estimate of drug-likeness (QED) is 0.790. The standard InChI is InChI=1S/C14H22FNO/c1-4-16-14(10-17-11(2)3)9-12-5-7-13(15)8-6-12/h5-8,11,14,16H,4,9-10H2,1-3H3. The molecule has 1 N–H and O–H groups in total. The first-order valence-corrected chi connectivity index (χ1v) is 6.21. The van der Waals surface area contributed by atoms with Crippen molar-refractivity contribution in [3.63, 3.8) is 0 Å². The Hall–Kier alpha value is -0.930. The van der Waals surface area contributed by atoms with E-state index in [-0.39, 0.29) is 18.0 Å². The van der Waals surface area contributed by atoms with Crippen molar-refractivity contribution in [3.05, 3.63) is 35.6 Å². The van der Waals surface area contributed by atoms with Crippen molar-refractivity contribution >= 4 is 0 Å². The lowest BCUT2D eigenvalue weighted by Gasteiger charge is -2.19. The summed E-state index contributed by atoms with van der Waals surface area (Å²) in [7, 11) is 0. The van der Waals surface area contributed by atoms with Crippen molar-refractivity contribution < 1.29 is 9.13 Å². The van der Waals surface area contributed by atoms with Crippen LogP contribution in [0.3, 0.4) is 0 Å². The monoisotopic (exact) mass is 239 g/mol. The van der Waals surface area contributed by atoms with Crippen LogP contribution in [-0.4, -0.2) is 25.3 Å². The van der Waals surface area contributed by atoms with E-state index in [9.17, 15) is 4.39 Å². The third kappa shape index (κ3) is 5.80. The second kappa shape index (κ2) is 7.41. The molecular weight excluding hydrogens is 217 g/mol. The van der Waals surface area contributed by atoms with Crippen LogP contribution < -0.4 is 5.32 Å². The van der Waals surface area contributed by atoms with E-state index in [0.29, 0.717) is 6.61 Å². The van der Waals surface area contributed by atoms with Gasteiger partial charge in [-0.25, -0.2) is 4.39 Å². The van der Waals surface area contributed by atoms with Crippen molar-refractivity contribution in [1.82, 2.24) is 5.32 Å². The smallest absolute Gasteiger partial charge is 0.123 e. The summed E-state index contributed by atoms with van der Waals surface area (Å²) in [5.74, 6) is -0.188. The molecule has 1 rings (SSSR count). The summed E-state index contributed by atoms with van der Waals surface area (Å²) in [5, 5.41) is 3.38. The Balaban J connectivity index is 2.50. The van der Waals surface area contributed by atoms with Gasteiger partial charge in [0.15, 0.2) is 0 Å². The molecule has 0 aliphatic carbocycles. The summed E-state index contributed by atoms with van der Waals surface area (Å²) >= 11 is 0. The maximum absolute atomic E-state index is 12.8. The molecule has 0 aliphatic heterocycles. The maximum Gasteiger partial charge on any atom is 0.123 e. The number of ether oxygens (including phenoxy) is 1. The van der Waals surface area contributed by atoms with Crippen LogP contribution in [0.5, 0.6) is 0 Å². The molecule has 0 heterocycles. The summed E-state index contributed by atoms with van der Waals surface area (Å²) in [4.78, 5) is 0. The molecule has 0 spiro atoms. The molecule has 0 saturated carbocycles. The van der Waals surface area contributed by atoms with E-state index in [1.807, 2.05) is 26.0 Å². The van der Waals surface area contributed by atoms with Crippen LogP contribution >= 0.6 is 0 Å². The summed E-state index contributed by atoms with van der Waals surface area (Å²) in [6.45, 7) is 7.73. The van der Waals surface area contributed by atoms with Crippen LogP contribution in [0, 0.1) is 5.82 Å². The molecule has 96 valence electrons. The van der Waals surface area contributed by atoms with Gasteiger partial charge in [0.2, 0.25) is 0 Å². The number of nitrogens with one attached hydrogen (secondary N) is 1. The van der Waals surface area contributed by atoms with Gasteiger partial charge in [0.25, 0.3) is 0 Å². The van der Waals surface area contributed by atoms with Crippen molar-refractivity contribution in [3.8, 4) is 0 Å². The molecule has 1 unspecified atom stereocenters. The van der Waals surface area contributed by atoms with Crippen molar-refractivity contribution in [2.75, 3.05) is 13.2 Å². The first-order chi connectivity index (χ1) is 8.11. The number of benzene rings is 1. The summed E-state index contributed by atoms with van der Waals surface area (Å²) in [6.07, 6.45) is 1.10. The Morgan fingerprint density at radius 3 is 2.41 bits per heavy atom. The zero-order valence-electron chi connectivity index (χ0n) is 10.9. The van der Waals surface area contributed by atoms with Gasteiger partial charge in [0.05, 0.1) is 12.7 Å². The Labute approximate surface area is 103 Å². The van der Waals surface area contributed by atoms with Crippen LogP contribution in [0.1, 0.15) is 26.3 Å². The molecule has 0 fully saturated rings. The third-order valence-electron chi connectivity index (χ3n) is 2.52. The highest BCUT2D eigenvalue weighted by atomic mass is 19.1. The van der Waals surface area contributed by atoms with E-state index in [1.165, 1.54) is 12.1 Å². The van der Waals surface area contributed by atoms with Gasteiger partial charge in [-0.2, -0.15) is 0 Å². The number of halogens is 1. The summed E-state index contributed by atoms with van der Waals surface area (Å²) < 4.78 is 18.4. The lowest BCUT2D eigenvalue weighted by atomic mass is 10.1. The number of likely N-dealkylation sites (N-methyl/N-ethyl adjacent to an activating group) is 1. The van der Waals surface area contributed by atoms with Gasteiger partial charge in [0, 0.05) is 6.04 Å². The van der Waals surface area contributed by atoms with Gasteiger partial charge < -0.3 is 10.1 Å². The highest BCUT2D eigenvalue weighted by Crippen LogP contribution is 2.07. The SMILES string of the molecule is CCNC(COC(C)C)Cc1ccc(F)cc1. The van der Waals surface area contributed by atoms with Crippen LogP contribution in [0.4, 0.5) is 4.39 Å². The molecule has 0 radical (unpaired) electrons.